The van der Waals surface area contributed by atoms with Crippen molar-refractivity contribution >= 4 is 11.9 Å². The van der Waals surface area contributed by atoms with Gasteiger partial charge in [-0.2, -0.15) is 0 Å². The first-order valence-electron chi connectivity index (χ1n) is 5.37. The van der Waals surface area contributed by atoms with Crippen LogP contribution < -0.4 is 10.6 Å². The maximum atomic E-state index is 11.3. The summed E-state index contributed by atoms with van der Waals surface area (Å²) in [4.78, 5) is 22.5. The monoisotopic (exact) mass is 196 g/mol. The zero-order chi connectivity index (χ0) is 9.97. The molecular formula is C10H16N2O2. The van der Waals surface area contributed by atoms with E-state index in [0.717, 1.165) is 25.7 Å². The Balaban J connectivity index is 1.69. The van der Waals surface area contributed by atoms with Crippen molar-refractivity contribution in [2.75, 3.05) is 0 Å². The molecule has 4 heteroatoms. The summed E-state index contributed by atoms with van der Waals surface area (Å²) in [5, 5.41) is 5.20. The molecule has 0 heterocycles. The third-order valence-electron chi connectivity index (χ3n) is 2.88. The van der Waals surface area contributed by atoms with Gasteiger partial charge in [0.2, 0.25) is 5.91 Å². The molecule has 0 aromatic rings. The molecule has 0 bridgehead atoms. The fraction of sp³-hybridized carbons (Fsp3) is 0.800. The second-order valence-electron chi connectivity index (χ2n) is 4.22. The summed E-state index contributed by atoms with van der Waals surface area (Å²) >= 11 is 0. The molecule has 0 spiro atoms. The van der Waals surface area contributed by atoms with Crippen LogP contribution in [0.15, 0.2) is 0 Å². The van der Waals surface area contributed by atoms with E-state index >= 15 is 0 Å². The Labute approximate surface area is 83.4 Å². The first-order valence-corrected chi connectivity index (χ1v) is 5.37. The van der Waals surface area contributed by atoms with E-state index in [0.29, 0.717) is 0 Å². The molecule has 2 rings (SSSR count). The van der Waals surface area contributed by atoms with Crippen molar-refractivity contribution in [1.82, 2.24) is 10.6 Å². The van der Waals surface area contributed by atoms with Gasteiger partial charge in [-0.3, -0.25) is 10.1 Å². The van der Waals surface area contributed by atoms with Crippen molar-refractivity contribution < 1.29 is 9.59 Å². The number of nitrogens with one attached hydrogen (secondary N) is 2. The van der Waals surface area contributed by atoms with Crippen molar-refractivity contribution in [2.24, 2.45) is 5.92 Å². The second kappa shape index (κ2) is 3.98. The van der Waals surface area contributed by atoms with Crippen LogP contribution >= 0.6 is 0 Å². The van der Waals surface area contributed by atoms with Crippen LogP contribution in [0.5, 0.6) is 0 Å². The number of amides is 3. The van der Waals surface area contributed by atoms with Crippen LogP contribution in [0, 0.1) is 5.92 Å². The summed E-state index contributed by atoms with van der Waals surface area (Å²) in [5.41, 5.74) is 0. The summed E-state index contributed by atoms with van der Waals surface area (Å²) in [6.07, 6.45) is 6.32. The Morgan fingerprint density at radius 1 is 1.00 bits per heavy atom. The zero-order valence-electron chi connectivity index (χ0n) is 8.21. The summed E-state index contributed by atoms with van der Waals surface area (Å²) in [6, 6.07) is -0.0317. The predicted octanol–water partition coefficient (Wildman–Crippen LogP) is 1.16. The Kier molecular flexibility index (Phi) is 2.70. The average Bonchev–Trinajstić information content (AvgIpc) is 2.87. The topological polar surface area (TPSA) is 58.2 Å². The van der Waals surface area contributed by atoms with E-state index in [2.05, 4.69) is 10.6 Å². The van der Waals surface area contributed by atoms with Crippen LogP contribution in [0.2, 0.25) is 0 Å². The van der Waals surface area contributed by atoms with E-state index in [1.807, 2.05) is 0 Å². The molecule has 0 unspecified atom stereocenters. The Hall–Kier alpha value is -1.06. The molecule has 0 aliphatic heterocycles. The maximum Gasteiger partial charge on any atom is 0.321 e. The van der Waals surface area contributed by atoms with E-state index in [-0.39, 0.29) is 23.9 Å². The van der Waals surface area contributed by atoms with Crippen molar-refractivity contribution in [3.8, 4) is 0 Å². The number of hydrogen-bond acceptors (Lipinski definition) is 2. The fourth-order valence-electron chi connectivity index (χ4n) is 1.85. The third-order valence-corrected chi connectivity index (χ3v) is 2.88. The van der Waals surface area contributed by atoms with Crippen molar-refractivity contribution in [3.63, 3.8) is 0 Å². The molecule has 2 aliphatic carbocycles. The molecule has 2 aliphatic rings. The minimum Gasteiger partial charge on any atom is -0.335 e. The van der Waals surface area contributed by atoms with Crippen molar-refractivity contribution in [3.05, 3.63) is 0 Å². The standard InChI is InChI=1S/C10H16N2O2/c13-9(7-5-6-7)12-10(14)11-8-3-1-2-4-8/h7-8H,1-6H2,(H2,11,12,13,14). The number of carbonyl (C=O) groups is 2. The van der Waals surface area contributed by atoms with Crippen LogP contribution in [0.4, 0.5) is 4.79 Å². The molecule has 0 saturated heterocycles. The number of urea groups is 1. The van der Waals surface area contributed by atoms with E-state index in [9.17, 15) is 9.59 Å². The van der Waals surface area contributed by atoms with E-state index < -0.39 is 0 Å². The van der Waals surface area contributed by atoms with Crippen LogP contribution in [0.1, 0.15) is 38.5 Å². The van der Waals surface area contributed by atoms with E-state index in [1.54, 1.807) is 0 Å². The van der Waals surface area contributed by atoms with Gasteiger partial charge in [-0.15, -0.1) is 0 Å². The molecule has 0 aromatic carbocycles. The lowest BCUT2D eigenvalue weighted by Crippen LogP contribution is -2.44. The maximum absolute atomic E-state index is 11.3. The first kappa shape index (κ1) is 9.49. The van der Waals surface area contributed by atoms with Crippen molar-refractivity contribution in [2.45, 2.75) is 44.6 Å². The van der Waals surface area contributed by atoms with Crippen LogP contribution in [-0.4, -0.2) is 18.0 Å². The minimum atomic E-state index is -0.311. The van der Waals surface area contributed by atoms with Gasteiger partial charge in [0, 0.05) is 12.0 Å². The SMILES string of the molecule is O=C(NC(=O)C1CC1)NC1CCCC1. The lowest BCUT2D eigenvalue weighted by Gasteiger charge is -2.11. The lowest BCUT2D eigenvalue weighted by molar-refractivity contribution is -0.121. The Bertz CT molecular complexity index is 243. The van der Waals surface area contributed by atoms with Crippen LogP contribution in [0.3, 0.4) is 0 Å². The Morgan fingerprint density at radius 3 is 2.21 bits per heavy atom. The average molecular weight is 196 g/mol. The van der Waals surface area contributed by atoms with E-state index in [1.165, 1.54) is 12.8 Å². The number of hydrogen-bond donors (Lipinski definition) is 2. The molecule has 2 N–H and O–H groups in total. The molecular weight excluding hydrogens is 180 g/mol. The molecule has 4 nitrogen and oxygen atoms in total. The highest BCUT2D eigenvalue weighted by atomic mass is 16.2. The van der Waals surface area contributed by atoms with Gasteiger partial charge in [0.05, 0.1) is 0 Å². The molecule has 2 fully saturated rings. The minimum absolute atomic E-state index is 0.101. The highest BCUT2D eigenvalue weighted by molar-refractivity contribution is 5.96. The Morgan fingerprint density at radius 2 is 1.64 bits per heavy atom. The summed E-state index contributed by atoms with van der Waals surface area (Å²) in [5.74, 6) is -0.00942. The van der Waals surface area contributed by atoms with Crippen LogP contribution in [-0.2, 0) is 4.79 Å². The molecule has 3 amide bonds. The highest BCUT2D eigenvalue weighted by Gasteiger charge is 2.31. The van der Waals surface area contributed by atoms with Gasteiger partial charge < -0.3 is 5.32 Å². The molecule has 0 atom stereocenters. The molecule has 78 valence electrons. The zero-order valence-corrected chi connectivity index (χ0v) is 8.21. The van der Waals surface area contributed by atoms with Gasteiger partial charge in [0.15, 0.2) is 0 Å². The van der Waals surface area contributed by atoms with Gasteiger partial charge in [-0.05, 0) is 25.7 Å². The fourth-order valence-corrected chi connectivity index (χ4v) is 1.85. The second-order valence-corrected chi connectivity index (χ2v) is 4.22. The first-order chi connectivity index (χ1) is 6.75. The van der Waals surface area contributed by atoms with Gasteiger partial charge in [0.25, 0.3) is 0 Å². The number of rotatable bonds is 2. The van der Waals surface area contributed by atoms with Crippen molar-refractivity contribution in [1.29, 1.82) is 0 Å². The van der Waals surface area contributed by atoms with Gasteiger partial charge in [0.1, 0.15) is 0 Å². The highest BCUT2D eigenvalue weighted by Crippen LogP contribution is 2.28. The largest absolute Gasteiger partial charge is 0.335 e. The smallest absolute Gasteiger partial charge is 0.321 e. The van der Waals surface area contributed by atoms with Gasteiger partial charge in [-0.25, -0.2) is 4.79 Å². The number of imide groups is 1. The van der Waals surface area contributed by atoms with Gasteiger partial charge >= 0.3 is 6.03 Å². The van der Waals surface area contributed by atoms with Gasteiger partial charge in [-0.1, -0.05) is 12.8 Å². The summed E-state index contributed by atoms with van der Waals surface area (Å²) in [7, 11) is 0. The lowest BCUT2D eigenvalue weighted by atomic mass is 10.2. The normalized spacial score (nSPS) is 22.0. The third kappa shape index (κ3) is 2.47. The summed E-state index contributed by atoms with van der Waals surface area (Å²) in [6.45, 7) is 0. The molecule has 0 radical (unpaired) electrons. The molecule has 14 heavy (non-hydrogen) atoms. The quantitative estimate of drug-likeness (QED) is 0.696. The molecule has 0 aromatic heterocycles. The molecule has 2 saturated carbocycles. The van der Waals surface area contributed by atoms with Crippen LogP contribution in [0.25, 0.3) is 0 Å². The summed E-state index contributed by atoms with van der Waals surface area (Å²) < 4.78 is 0. The van der Waals surface area contributed by atoms with E-state index in [4.69, 9.17) is 0 Å². The predicted molar refractivity (Wildman–Crippen MR) is 51.7 cm³/mol. The number of carbonyl (C=O) groups excluding carboxylic acids is 2.